The molecule has 30 heavy (non-hydrogen) atoms. The van der Waals surface area contributed by atoms with Gasteiger partial charge in [0.2, 0.25) is 0 Å². The Morgan fingerprint density at radius 2 is 1.27 bits per heavy atom. The highest BCUT2D eigenvalue weighted by atomic mass is 79.9. The van der Waals surface area contributed by atoms with Gasteiger partial charge in [-0.2, -0.15) is 0 Å². The Morgan fingerprint density at radius 3 is 1.70 bits per heavy atom. The molecule has 0 saturated heterocycles. The summed E-state index contributed by atoms with van der Waals surface area (Å²) in [6.07, 6.45) is 0. The molecule has 0 aromatic carbocycles. The number of carbonyl (C=O) groups is 2. The van der Waals surface area contributed by atoms with Gasteiger partial charge in [-0.05, 0) is 70.0 Å². The first-order chi connectivity index (χ1) is 14.4. The third kappa shape index (κ3) is 4.12. The Balaban J connectivity index is 1.91. The highest BCUT2D eigenvalue weighted by Gasteiger charge is 2.14. The molecule has 0 saturated carbocycles. The number of nitrogens with zero attached hydrogens (tertiary/aromatic N) is 3. The van der Waals surface area contributed by atoms with Gasteiger partial charge >= 0.3 is 11.9 Å². The van der Waals surface area contributed by atoms with Gasteiger partial charge < -0.3 is 10.2 Å². The van der Waals surface area contributed by atoms with Crippen molar-refractivity contribution in [3.05, 3.63) is 75.8 Å². The van der Waals surface area contributed by atoms with Crippen molar-refractivity contribution < 1.29 is 19.8 Å². The third-order valence-corrected chi connectivity index (χ3v) is 5.82. The molecule has 9 heteroatoms. The molecule has 0 spiro atoms. The predicted molar refractivity (Wildman–Crippen MR) is 116 cm³/mol. The lowest BCUT2D eigenvalue weighted by Gasteiger charge is -2.09. The Labute approximate surface area is 182 Å². The standard InChI is InChI=1S/C21H12BrN3O4S/c22-19-8-7-18(30-19)11-9-16(12-3-1-5-14(23-12)20(26)27)25-17(10-11)13-4-2-6-15(24-13)21(28)29/h1-10H,(H,26,27)(H,28,29). The second-order valence-electron chi connectivity index (χ2n) is 6.16. The SMILES string of the molecule is O=C(O)c1cccc(-c2cc(-c3ccc(Br)s3)cc(-c3cccc(C(=O)O)n3)n2)n1. The molecule has 148 valence electrons. The molecule has 4 aromatic rings. The number of rotatable bonds is 5. The van der Waals surface area contributed by atoms with Gasteiger partial charge in [0.05, 0.1) is 26.6 Å². The summed E-state index contributed by atoms with van der Waals surface area (Å²) in [5.41, 5.74) is 2.34. The molecule has 0 radical (unpaired) electrons. The van der Waals surface area contributed by atoms with Crippen LogP contribution in [0.5, 0.6) is 0 Å². The van der Waals surface area contributed by atoms with Gasteiger partial charge in [0, 0.05) is 4.88 Å². The second-order valence-corrected chi connectivity index (χ2v) is 8.62. The molecule has 0 atom stereocenters. The maximum atomic E-state index is 11.3. The second kappa shape index (κ2) is 8.13. The number of carboxylic acids is 2. The first-order valence-corrected chi connectivity index (χ1v) is 10.2. The van der Waals surface area contributed by atoms with E-state index in [9.17, 15) is 19.8 Å². The third-order valence-electron chi connectivity index (χ3n) is 4.14. The van der Waals surface area contributed by atoms with E-state index in [4.69, 9.17) is 0 Å². The lowest BCUT2D eigenvalue weighted by Crippen LogP contribution is -2.03. The minimum absolute atomic E-state index is 0.0916. The van der Waals surface area contributed by atoms with Gasteiger partial charge in [-0.25, -0.2) is 24.5 Å². The van der Waals surface area contributed by atoms with Crippen LogP contribution < -0.4 is 0 Å². The number of halogens is 1. The zero-order valence-electron chi connectivity index (χ0n) is 15.1. The lowest BCUT2D eigenvalue weighted by molar-refractivity contribution is 0.0680. The average Bonchev–Trinajstić information content (AvgIpc) is 3.20. The van der Waals surface area contributed by atoms with E-state index in [-0.39, 0.29) is 11.4 Å². The minimum atomic E-state index is -1.13. The largest absolute Gasteiger partial charge is 0.477 e. The van der Waals surface area contributed by atoms with Gasteiger partial charge in [0.15, 0.2) is 0 Å². The number of carboxylic acid groups (broad SMARTS) is 2. The molecule has 2 N–H and O–H groups in total. The van der Waals surface area contributed by atoms with E-state index in [0.29, 0.717) is 22.8 Å². The van der Waals surface area contributed by atoms with E-state index in [1.165, 1.54) is 23.5 Å². The lowest BCUT2D eigenvalue weighted by atomic mass is 10.1. The molecular weight excluding hydrogens is 470 g/mol. The molecular formula is C21H12BrN3O4S. The average molecular weight is 482 g/mol. The van der Waals surface area contributed by atoms with E-state index in [1.807, 2.05) is 24.3 Å². The van der Waals surface area contributed by atoms with Crippen molar-refractivity contribution in [2.45, 2.75) is 0 Å². The van der Waals surface area contributed by atoms with Crippen LogP contribution in [0.25, 0.3) is 33.2 Å². The number of thiophene rings is 1. The molecule has 4 aromatic heterocycles. The summed E-state index contributed by atoms with van der Waals surface area (Å²) in [5, 5.41) is 18.5. The topological polar surface area (TPSA) is 113 Å². The van der Waals surface area contributed by atoms with Gasteiger partial charge in [0.25, 0.3) is 0 Å². The Kier molecular flexibility index (Phi) is 5.39. The Hall–Kier alpha value is -3.43. The molecule has 0 amide bonds. The van der Waals surface area contributed by atoms with Crippen molar-refractivity contribution in [1.29, 1.82) is 0 Å². The monoisotopic (exact) mass is 481 g/mol. The molecule has 7 nitrogen and oxygen atoms in total. The first-order valence-electron chi connectivity index (χ1n) is 8.60. The fourth-order valence-electron chi connectivity index (χ4n) is 2.80. The smallest absolute Gasteiger partial charge is 0.354 e. The van der Waals surface area contributed by atoms with Crippen molar-refractivity contribution in [3.63, 3.8) is 0 Å². The number of pyridine rings is 3. The van der Waals surface area contributed by atoms with E-state index in [2.05, 4.69) is 30.9 Å². The van der Waals surface area contributed by atoms with Crippen LogP contribution >= 0.6 is 27.3 Å². The van der Waals surface area contributed by atoms with Crippen LogP contribution in [0.3, 0.4) is 0 Å². The molecule has 0 aliphatic carbocycles. The normalized spacial score (nSPS) is 10.7. The maximum absolute atomic E-state index is 11.3. The van der Waals surface area contributed by atoms with E-state index in [1.54, 1.807) is 24.3 Å². The summed E-state index contributed by atoms with van der Waals surface area (Å²) >= 11 is 4.98. The molecule has 0 fully saturated rings. The first kappa shape index (κ1) is 19.9. The zero-order chi connectivity index (χ0) is 21.3. The van der Waals surface area contributed by atoms with Crippen LogP contribution in [0.15, 0.2) is 64.5 Å². The Morgan fingerprint density at radius 1 is 0.733 bits per heavy atom. The highest BCUT2D eigenvalue weighted by Crippen LogP contribution is 2.35. The van der Waals surface area contributed by atoms with E-state index < -0.39 is 11.9 Å². The molecule has 0 bridgehead atoms. The molecule has 0 unspecified atom stereocenters. The van der Waals surface area contributed by atoms with Gasteiger partial charge in [-0.3, -0.25) is 0 Å². The van der Waals surface area contributed by atoms with E-state index >= 15 is 0 Å². The summed E-state index contributed by atoms with van der Waals surface area (Å²) in [4.78, 5) is 36.5. The van der Waals surface area contributed by atoms with Crippen LogP contribution in [0, 0.1) is 0 Å². The van der Waals surface area contributed by atoms with Gasteiger partial charge in [0.1, 0.15) is 11.4 Å². The van der Waals surface area contributed by atoms with Gasteiger partial charge in [-0.1, -0.05) is 12.1 Å². The number of aromatic nitrogens is 3. The number of hydrogen-bond acceptors (Lipinski definition) is 6. The van der Waals surface area contributed by atoms with Crippen LogP contribution in [-0.2, 0) is 0 Å². The molecule has 0 aliphatic heterocycles. The predicted octanol–water partition coefficient (Wildman–Crippen LogP) is 5.09. The highest BCUT2D eigenvalue weighted by molar-refractivity contribution is 9.11. The summed E-state index contributed by atoms with van der Waals surface area (Å²) < 4.78 is 0.953. The quantitative estimate of drug-likeness (QED) is 0.407. The summed E-state index contributed by atoms with van der Waals surface area (Å²) in [6, 6.07) is 16.9. The van der Waals surface area contributed by atoms with Crippen LogP contribution in [-0.4, -0.2) is 37.1 Å². The fourth-order valence-corrected chi connectivity index (χ4v) is 4.17. The minimum Gasteiger partial charge on any atom is -0.477 e. The molecule has 4 heterocycles. The molecule has 4 rings (SSSR count). The van der Waals surface area contributed by atoms with Gasteiger partial charge in [-0.15, -0.1) is 11.3 Å². The van der Waals surface area contributed by atoms with Crippen LogP contribution in [0.2, 0.25) is 0 Å². The molecule has 0 aliphatic rings. The van der Waals surface area contributed by atoms with Crippen molar-refractivity contribution >= 4 is 39.2 Å². The van der Waals surface area contributed by atoms with Crippen molar-refractivity contribution in [1.82, 2.24) is 15.0 Å². The van der Waals surface area contributed by atoms with Crippen LogP contribution in [0.4, 0.5) is 0 Å². The zero-order valence-corrected chi connectivity index (χ0v) is 17.5. The summed E-state index contributed by atoms with van der Waals surface area (Å²) in [5.74, 6) is -2.27. The fraction of sp³-hybridized carbons (Fsp3) is 0. The van der Waals surface area contributed by atoms with Crippen molar-refractivity contribution in [2.24, 2.45) is 0 Å². The van der Waals surface area contributed by atoms with E-state index in [0.717, 1.165) is 14.2 Å². The Bertz CT molecular complexity index is 1210. The maximum Gasteiger partial charge on any atom is 0.354 e. The summed E-state index contributed by atoms with van der Waals surface area (Å²) in [6.45, 7) is 0. The number of aromatic carboxylic acids is 2. The summed E-state index contributed by atoms with van der Waals surface area (Å²) in [7, 11) is 0. The number of hydrogen-bond donors (Lipinski definition) is 2. The van der Waals surface area contributed by atoms with Crippen molar-refractivity contribution in [3.8, 4) is 33.2 Å². The van der Waals surface area contributed by atoms with Crippen LogP contribution in [0.1, 0.15) is 21.0 Å². The van der Waals surface area contributed by atoms with Crippen molar-refractivity contribution in [2.75, 3.05) is 0 Å².